The Bertz CT molecular complexity index is 550. The summed E-state index contributed by atoms with van der Waals surface area (Å²) in [6.07, 6.45) is 6.05. The number of ether oxygens (including phenoxy) is 1. The average molecular weight is 290 g/mol. The zero-order valence-corrected chi connectivity index (χ0v) is 12.0. The van der Waals surface area contributed by atoms with Gasteiger partial charge in [0.15, 0.2) is 0 Å². The van der Waals surface area contributed by atoms with Crippen LogP contribution in [0.4, 0.5) is 5.69 Å². The van der Waals surface area contributed by atoms with Crippen LogP contribution in [0.5, 0.6) is 0 Å². The van der Waals surface area contributed by atoms with E-state index in [9.17, 15) is 9.59 Å². The summed E-state index contributed by atoms with van der Waals surface area (Å²) in [5, 5.41) is 0. The number of amides is 2. The largest absolute Gasteiger partial charge is 0.375 e. The second kappa shape index (κ2) is 5.40. The first-order chi connectivity index (χ1) is 10.1. The van der Waals surface area contributed by atoms with Crippen molar-refractivity contribution in [3.8, 4) is 0 Å². The lowest BCUT2D eigenvalue weighted by atomic mass is 9.86. The van der Waals surface area contributed by atoms with Crippen LogP contribution < -0.4 is 4.90 Å². The molecule has 0 N–H and O–H groups in total. The summed E-state index contributed by atoms with van der Waals surface area (Å²) in [5.41, 5.74) is 0.581. The van der Waals surface area contributed by atoms with Crippen molar-refractivity contribution < 1.29 is 14.3 Å². The quantitative estimate of drug-likeness (QED) is 0.788. The minimum atomic E-state index is -0.143. The number of rotatable bonds is 3. The number of likely N-dealkylation sites (tertiary alicyclic amines) is 1. The zero-order valence-electron chi connectivity index (χ0n) is 12.0. The van der Waals surface area contributed by atoms with E-state index in [1.54, 1.807) is 22.2 Å². The van der Waals surface area contributed by atoms with E-state index >= 15 is 0 Å². The second-order valence-corrected chi connectivity index (χ2v) is 5.75. The molecule has 112 valence electrons. The van der Waals surface area contributed by atoms with E-state index in [1.165, 1.54) is 13.4 Å². The smallest absolute Gasteiger partial charge is 0.248 e. The Hall–Kier alpha value is -2.02. The molecule has 0 bridgehead atoms. The number of aromatic nitrogens is 2. The fourth-order valence-corrected chi connectivity index (χ4v) is 3.20. The van der Waals surface area contributed by atoms with Crippen LogP contribution in [0.15, 0.2) is 18.7 Å². The number of anilines is 1. The maximum atomic E-state index is 12.3. The minimum absolute atomic E-state index is 0.0108. The molecule has 0 aromatic carbocycles. The van der Waals surface area contributed by atoms with Crippen LogP contribution in [0.2, 0.25) is 0 Å². The van der Waals surface area contributed by atoms with Crippen molar-refractivity contribution in [3.63, 3.8) is 0 Å². The van der Waals surface area contributed by atoms with Gasteiger partial charge in [-0.2, -0.15) is 0 Å². The molecule has 7 nitrogen and oxygen atoms in total. The number of carbonyl (C=O) groups is 2. The molecule has 1 aromatic heterocycles. The van der Waals surface area contributed by atoms with Gasteiger partial charge >= 0.3 is 0 Å². The topological polar surface area (TPSA) is 75.6 Å². The van der Waals surface area contributed by atoms with Crippen LogP contribution in [-0.2, 0) is 14.3 Å². The lowest BCUT2D eigenvalue weighted by Crippen LogP contribution is -2.35. The predicted octanol–water partition coefficient (Wildman–Crippen LogP) is 0.0784. The average Bonchev–Trinajstić information content (AvgIpc) is 3.04. The van der Waals surface area contributed by atoms with E-state index in [0.717, 1.165) is 12.1 Å². The molecule has 0 aliphatic carbocycles. The van der Waals surface area contributed by atoms with Gasteiger partial charge < -0.3 is 14.5 Å². The van der Waals surface area contributed by atoms with Gasteiger partial charge in [0, 0.05) is 38.6 Å². The van der Waals surface area contributed by atoms with Crippen LogP contribution >= 0.6 is 0 Å². The van der Waals surface area contributed by atoms with Gasteiger partial charge in [-0.25, -0.2) is 9.97 Å². The summed E-state index contributed by atoms with van der Waals surface area (Å²) < 4.78 is 4.89. The first-order valence-electron chi connectivity index (χ1n) is 6.96. The van der Waals surface area contributed by atoms with E-state index in [1.807, 2.05) is 0 Å². The molecule has 3 heterocycles. The molecule has 2 saturated heterocycles. The summed E-state index contributed by atoms with van der Waals surface area (Å²) in [7, 11) is 1.51. The number of nitrogens with zero attached hydrogens (tertiary/aromatic N) is 4. The van der Waals surface area contributed by atoms with Gasteiger partial charge in [-0.15, -0.1) is 0 Å². The molecule has 0 saturated carbocycles. The van der Waals surface area contributed by atoms with Crippen molar-refractivity contribution in [2.24, 2.45) is 5.41 Å². The fraction of sp³-hybridized carbons (Fsp3) is 0.571. The fourth-order valence-electron chi connectivity index (χ4n) is 3.20. The molecular formula is C14H18N4O3. The van der Waals surface area contributed by atoms with Crippen LogP contribution in [-0.4, -0.2) is 60.0 Å². The highest BCUT2D eigenvalue weighted by Crippen LogP contribution is 2.41. The molecule has 2 aliphatic heterocycles. The number of hydrogen-bond donors (Lipinski definition) is 0. The predicted molar refractivity (Wildman–Crippen MR) is 74.5 cm³/mol. The zero-order chi connectivity index (χ0) is 14.9. The highest BCUT2D eigenvalue weighted by atomic mass is 16.5. The van der Waals surface area contributed by atoms with Gasteiger partial charge in [-0.1, -0.05) is 0 Å². The number of hydrogen-bond acceptors (Lipinski definition) is 5. The Morgan fingerprint density at radius 3 is 2.86 bits per heavy atom. The lowest BCUT2D eigenvalue weighted by Gasteiger charge is -2.23. The van der Waals surface area contributed by atoms with E-state index < -0.39 is 0 Å². The molecule has 1 spiro atoms. The monoisotopic (exact) mass is 290 g/mol. The molecule has 1 unspecified atom stereocenters. The van der Waals surface area contributed by atoms with Gasteiger partial charge in [0.25, 0.3) is 0 Å². The highest BCUT2D eigenvalue weighted by Gasteiger charge is 2.48. The molecule has 2 fully saturated rings. The van der Waals surface area contributed by atoms with Crippen LogP contribution in [0.1, 0.15) is 12.8 Å². The molecule has 0 radical (unpaired) electrons. The Morgan fingerprint density at radius 2 is 2.14 bits per heavy atom. The molecule has 2 amide bonds. The molecule has 2 aliphatic rings. The normalized spacial score (nSPS) is 25.1. The van der Waals surface area contributed by atoms with Crippen molar-refractivity contribution in [2.75, 3.05) is 38.3 Å². The Balaban J connectivity index is 1.72. The molecule has 21 heavy (non-hydrogen) atoms. The first kappa shape index (κ1) is 13.9. The third-order valence-corrected chi connectivity index (χ3v) is 4.24. The van der Waals surface area contributed by atoms with Gasteiger partial charge in [0.1, 0.15) is 12.9 Å². The van der Waals surface area contributed by atoms with Crippen molar-refractivity contribution in [2.45, 2.75) is 12.8 Å². The summed E-state index contributed by atoms with van der Waals surface area (Å²) >= 11 is 0. The van der Waals surface area contributed by atoms with Crippen molar-refractivity contribution in [3.05, 3.63) is 18.7 Å². The van der Waals surface area contributed by atoms with E-state index in [-0.39, 0.29) is 23.8 Å². The number of methoxy groups -OCH3 is 1. The minimum Gasteiger partial charge on any atom is -0.375 e. The summed E-state index contributed by atoms with van der Waals surface area (Å²) in [5.74, 6) is 0.0640. The Kier molecular flexibility index (Phi) is 3.59. The molecule has 3 rings (SSSR count). The summed E-state index contributed by atoms with van der Waals surface area (Å²) in [4.78, 5) is 35.6. The van der Waals surface area contributed by atoms with Crippen molar-refractivity contribution >= 4 is 17.5 Å². The maximum Gasteiger partial charge on any atom is 0.248 e. The second-order valence-electron chi connectivity index (χ2n) is 5.75. The van der Waals surface area contributed by atoms with E-state index in [2.05, 4.69) is 9.97 Å². The van der Waals surface area contributed by atoms with Crippen LogP contribution in [0.25, 0.3) is 0 Å². The molecule has 1 atom stereocenters. The SMILES string of the molecule is COCC(=O)N1CCC2(CC(=O)N(c3cncnc3)C2)C1. The number of carbonyl (C=O) groups excluding carboxylic acids is 2. The van der Waals surface area contributed by atoms with Crippen LogP contribution in [0, 0.1) is 5.41 Å². The van der Waals surface area contributed by atoms with E-state index in [4.69, 9.17) is 4.74 Å². The van der Waals surface area contributed by atoms with Gasteiger partial charge in [0.2, 0.25) is 11.8 Å². The first-order valence-corrected chi connectivity index (χ1v) is 6.96. The lowest BCUT2D eigenvalue weighted by molar-refractivity contribution is -0.134. The standard InChI is InChI=1S/C14H18N4O3/c1-21-7-13(20)17-3-2-14(8-17)4-12(19)18(9-14)11-5-15-10-16-6-11/h5-6,10H,2-4,7-9H2,1H3. The van der Waals surface area contributed by atoms with Gasteiger partial charge in [0.05, 0.1) is 18.1 Å². The molecular weight excluding hydrogens is 272 g/mol. The Morgan fingerprint density at radius 1 is 1.38 bits per heavy atom. The maximum absolute atomic E-state index is 12.3. The molecule has 7 heteroatoms. The van der Waals surface area contributed by atoms with Crippen LogP contribution in [0.3, 0.4) is 0 Å². The summed E-state index contributed by atoms with van der Waals surface area (Å²) in [6, 6.07) is 0. The third-order valence-electron chi connectivity index (χ3n) is 4.24. The van der Waals surface area contributed by atoms with Gasteiger partial charge in [-0.3, -0.25) is 9.59 Å². The highest BCUT2D eigenvalue weighted by molar-refractivity contribution is 5.96. The van der Waals surface area contributed by atoms with Gasteiger partial charge in [-0.05, 0) is 6.42 Å². The molecule has 1 aromatic rings. The third kappa shape index (κ3) is 2.61. The van der Waals surface area contributed by atoms with Crippen molar-refractivity contribution in [1.82, 2.24) is 14.9 Å². The van der Waals surface area contributed by atoms with E-state index in [0.29, 0.717) is 26.1 Å². The Labute approximate surface area is 122 Å². The summed E-state index contributed by atoms with van der Waals surface area (Å²) in [6.45, 7) is 2.02. The van der Waals surface area contributed by atoms with Crippen molar-refractivity contribution in [1.29, 1.82) is 0 Å².